The number of thiazole rings is 1. The van der Waals surface area contributed by atoms with Crippen molar-refractivity contribution < 1.29 is 5.11 Å². The fraction of sp³-hybridized carbons (Fsp3) is 0.111. The largest absolute Gasteiger partial charge is 0.507 e. The van der Waals surface area contributed by atoms with E-state index in [1.807, 2.05) is 13.0 Å². The number of hydrogen-bond donors (Lipinski definition) is 2. The van der Waals surface area contributed by atoms with Crippen molar-refractivity contribution in [2.24, 2.45) is 5.10 Å². The van der Waals surface area contributed by atoms with Crippen LogP contribution in [-0.4, -0.2) is 16.3 Å². The van der Waals surface area contributed by atoms with E-state index < -0.39 is 0 Å². The van der Waals surface area contributed by atoms with Gasteiger partial charge in [-0.2, -0.15) is 5.10 Å². The number of phenolic OH excluding ortho intramolecular Hbond substituents is 1. The van der Waals surface area contributed by atoms with E-state index in [1.54, 1.807) is 35.8 Å². The van der Waals surface area contributed by atoms with E-state index >= 15 is 0 Å². The summed E-state index contributed by atoms with van der Waals surface area (Å²) in [5, 5.41) is 14.6. The molecule has 3 aromatic rings. The second-order valence-electron chi connectivity index (χ2n) is 5.22. The highest BCUT2D eigenvalue weighted by Crippen LogP contribution is 2.30. The van der Waals surface area contributed by atoms with Crippen molar-refractivity contribution in [3.8, 4) is 17.0 Å². The third kappa shape index (κ3) is 3.57. The second-order valence-corrected chi connectivity index (χ2v) is 6.42. The molecule has 116 valence electrons. The summed E-state index contributed by atoms with van der Waals surface area (Å²) in [5.41, 5.74) is 6.88. The molecule has 0 aliphatic heterocycles. The van der Waals surface area contributed by atoms with Crippen molar-refractivity contribution in [3.63, 3.8) is 0 Å². The Balaban J connectivity index is 1.76. The van der Waals surface area contributed by atoms with Gasteiger partial charge < -0.3 is 5.11 Å². The number of phenols is 1. The fourth-order valence-electron chi connectivity index (χ4n) is 2.18. The van der Waals surface area contributed by atoms with Gasteiger partial charge in [0.25, 0.3) is 0 Å². The first kappa shape index (κ1) is 15.2. The van der Waals surface area contributed by atoms with Crippen LogP contribution in [0.3, 0.4) is 0 Å². The molecule has 0 aliphatic rings. The van der Waals surface area contributed by atoms with E-state index in [0.717, 1.165) is 21.3 Å². The van der Waals surface area contributed by atoms with Crippen LogP contribution in [0.5, 0.6) is 5.75 Å². The van der Waals surface area contributed by atoms with Crippen molar-refractivity contribution in [2.45, 2.75) is 13.8 Å². The van der Waals surface area contributed by atoms with Crippen molar-refractivity contribution in [1.82, 2.24) is 4.98 Å². The summed E-state index contributed by atoms with van der Waals surface area (Å²) in [6.07, 6.45) is 1.58. The molecule has 5 heteroatoms. The van der Waals surface area contributed by atoms with Gasteiger partial charge in [-0.1, -0.05) is 42.0 Å². The van der Waals surface area contributed by atoms with Crippen LogP contribution in [0.1, 0.15) is 16.0 Å². The number of hydrazone groups is 1. The minimum absolute atomic E-state index is 0.203. The van der Waals surface area contributed by atoms with E-state index in [2.05, 4.69) is 46.7 Å². The lowest BCUT2D eigenvalue weighted by Crippen LogP contribution is -1.90. The molecule has 0 saturated heterocycles. The number of benzene rings is 2. The fourth-order valence-corrected chi connectivity index (χ4v) is 2.96. The van der Waals surface area contributed by atoms with Crippen LogP contribution in [-0.2, 0) is 0 Å². The van der Waals surface area contributed by atoms with Crippen molar-refractivity contribution in [3.05, 3.63) is 64.5 Å². The van der Waals surface area contributed by atoms with E-state index in [1.165, 1.54) is 5.56 Å². The molecule has 0 saturated carbocycles. The maximum Gasteiger partial charge on any atom is 0.204 e. The normalized spacial score (nSPS) is 11.0. The highest BCUT2D eigenvalue weighted by atomic mass is 32.1. The third-order valence-corrected chi connectivity index (χ3v) is 4.30. The number of aromatic nitrogens is 1. The number of aryl methyl sites for hydroxylation is 2. The Kier molecular flexibility index (Phi) is 4.39. The molecule has 2 aromatic carbocycles. The van der Waals surface area contributed by atoms with Gasteiger partial charge in [-0.25, -0.2) is 4.98 Å². The second kappa shape index (κ2) is 6.62. The van der Waals surface area contributed by atoms with Crippen LogP contribution in [0.15, 0.2) is 53.6 Å². The van der Waals surface area contributed by atoms with Gasteiger partial charge in [-0.3, -0.25) is 5.43 Å². The molecule has 3 rings (SSSR count). The number of anilines is 1. The molecule has 0 fully saturated rings. The number of nitrogens with zero attached hydrogens (tertiary/aromatic N) is 2. The zero-order valence-electron chi connectivity index (χ0n) is 12.9. The number of hydrogen-bond acceptors (Lipinski definition) is 5. The molecule has 1 aromatic heterocycles. The smallest absolute Gasteiger partial charge is 0.204 e. The number of aromatic hydroxyl groups is 1. The lowest BCUT2D eigenvalue weighted by atomic mass is 10.1. The van der Waals surface area contributed by atoms with Gasteiger partial charge in [0.05, 0.1) is 11.9 Å². The van der Waals surface area contributed by atoms with Gasteiger partial charge in [0, 0.05) is 16.0 Å². The monoisotopic (exact) mass is 323 g/mol. The number of para-hydroxylation sites is 1. The first-order valence-electron chi connectivity index (χ1n) is 7.25. The molecule has 0 atom stereocenters. The van der Waals surface area contributed by atoms with Crippen LogP contribution in [0.4, 0.5) is 5.13 Å². The maximum absolute atomic E-state index is 9.69. The SMILES string of the molecule is Cc1ccc(-c2nc(N/N=C/c3ccccc3O)sc2C)cc1. The molecule has 23 heavy (non-hydrogen) atoms. The molecule has 0 aliphatic carbocycles. The zero-order valence-corrected chi connectivity index (χ0v) is 13.8. The standard InChI is InChI=1S/C18H17N3OS/c1-12-7-9-14(10-8-12)17-13(2)23-18(20-17)21-19-11-15-5-3-4-6-16(15)22/h3-11,22H,1-2H3,(H,20,21)/b19-11+. The lowest BCUT2D eigenvalue weighted by Gasteiger charge is -1.99. The highest BCUT2D eigenvalue weighted by Gasteiger charge is 2.09. The van der Waals surface area contributed by atoms with Gasteiger partial charge >= 0.3 is 0 Å². The Bertz CT molecular complexity index is 838. The van der Waals surface area contributed by atoms with E-state index in [0.29, 0.717) is 5.56 Å². The average Bonchev–Trinajstić information content (AvgIpc) is 2.91. The first-order chi connectivity index (χ1) is 11.1. The van der Waals surface area contributed by atoms with Crippen LogP contribution in [0, 0.1) is 13.8 Å². The first-order valence-corrected chi connectivity index (χ1v) is 8.06. The van der Waals surface area contributed by atoms with Gasteiger partial charge in [0.1, 0.15) is 5.75 Å². The van der Waals surface area contributed by atoms with Crippen LogP contribution in [0.2, 0.25) is 0 Å². The molecule has 0 spiro atoms. The average molecular weight is 323 g/mol. The lowest BCUT2D eigenvalue weighted by molar-refractivity contribution is 0.474. The third-order valence-electron chi connectivity index (χ3n) is 3.42. The van der Waals surface area contributed by atoms with E-state index in [9.17, 15) is 5.11 Å². The minimum Gasteiger partial charge on any atom is -0.507 e. The maximum atomic E-state index is 9.69. The highest BCUT2D eigenvalue weighted by molar-refractivity contribution is 7.15. The summed E-state index contributed by atoms with van der Waals surface area (Å²) in [5.74, 6) is 0.203. The molecular weight excluding hydrogens is 306 g/mol. The summed E-state index contributed by atoms with van der Waals surface area (Å²) in [7, 11) is 0. The summed E-state index contributed by atoms with van der Waals surface area (Å²) in [4.78, 5) is 5.73. The molecule has 0 amide bonds. The molecule has 0 radical (unpaired) electrons. The summed E-state index contributed by atoms with van der Waals surface area (Å²) in [6.45, 7) is 4.11. The predicted octanol–water partition coefficient (Wildman–Crippen LogP) is 4.58. The molecule has 2 N–H and O–H groups in total. The Hall–Kier alpha value is -2.66. The summed E-state index contributed by atoms with van der Waals surface area (Å²) >= 11 is 1.55. The molecule has 0 bridgehead atoms. The van der Waals surface area contributed by atoms with Gasteiger partial charge in [0.2, 0.25) is 5.13 Å². The molecule has 1 heterocycles. The number of rotatable bonds is 4. The van der Waals surface area contributed by atoms with Gasteiger partial charge in [0.15, 0.2) is 0 Å². The van der Waals surface area contributed by atoms with Crippen molar-refractivity contribution >= 4 is 22.7 Å². The number of nitrogens with one attached hydrogen (secondary N) is 1. The Morgan fingerprint density at radius 1 is 1.09 bits per heavy atom. The quantitative estimate of drug-likeness (QED) is 0.546. The summed E-state index contributed by atoms with van der Waals surface area (Å²) < 4.78 is 0. The summed E-state index contributed by atoms with van der Waals surface area (Å²) in [6, 6.07) is 15.4. The predicted molar refractivity (Wildman–Crippen MR) is 96.3 cm³/mol. The van der Waals surface area contributed by atoms with Crippen molar-refractivity contribution in [1.29, 1.82) is 0 Å². The topological polar surface area (TPSA) is 57.5 Å². The van der Waals surface area contributed by atoms with E-state index in [4.69, 9.17) is 0 Å². The van der Waals surface area contributed by atoms with Crippen LogP contribution >= 0.6 is 11.3 Å². The Labute approximate surface area is 139 Å². The van der Waals surface area contributed by atoms with Gasteiger partial charge in [-0.05, 0) is 26.0 Å². The minimum atomic E-state index is 0.203. The van der Waals surface area contributed by atoms with E-state index in [-0.39, 0.29) is 5.75 Å². The molecule has 4 nitrogen and oxygen atoms in total. The molecule has 0 unspecified atom stereocenters. The zero-order chi connectivity index (χ0) is 16.2. The molecular formula is C18H17N3OS. The Morgan fingerprint density at radius 2 is 1.83 bits per heavy atom. The van der Waals surface area contributed by atoms with Crippen molar-refractivity contribution in [2.75, 3.05) is 5.43 Å². The van der Waals surface area contributed by atoms with Gasteiger partial charge in [-0.15, -0.1) is 11.3 Å². The van der Waals surface area contributed by atoms with Crippen LogP contribution in [0.25, 0.3) is 11.3 Å². The Morgan fingerprint density at radius 3 is 2.57 bits per heavy atom. The van der Waals surface area contributed by atoms with Crippen LogP contribution < -0.4 is 5.43 Å².